The van der Waals surface area contributed by atoms with Gasteiger partial charge in [0.05, 0.1) is 4.90 Å². The molecule has 0 spiro atoms. The highest BCUT2D eigenvalue weighted by Crippen LogP contribution is 2.19. The number of hydrogen-bond donors (Lipinski definition) is 2. The van der Waals surface area contributed by atoms with Crippen LogP contribution in [0.1, 0.15) is 26.2 Å². The van der Waals surface area contributed by atoms with Gasteiger partial charge in [-0.1, -0.05) is 38.0 Å². The van der Waals surface area contributed by atoms with E-state index in [4.69, 9.17) is 4.74 Å². The molecule has 0 radical (unpaired) electrons. The van der Waals surface area contributed by atoms with Gasteiger partial charge >= 0.3 is 0 Å². The molecule has 0 heterocycles. The van der Waals surface area contributed by atoms with Crippen molar-refractivity contribution in [2.24, 2.45) is 0 Å². The minimum atomic E-state index is -3.66. The van der Waals surface area contributed by atoms with E-state index in [2.05, 4.69) is 17.0 Å². The lowest BCUT2D eigenvalue weighted by molar-refractivity contribution is -0.123. The Labute approximate surface area is 154 Å². The maximum atomic E-state index is 12.3. The van der Waals surface area contributed by atoms with E-state index in [0.717, 1.165) is 19.3 Å². The molecule has 140 valence electrons. The molecule has 0 aromatic heterocycles. The molecule has 2 N–H and O–H groups in total. The first kappa shape index (κ1) is 19.8. The second kappa shape index (κ2) is 9.82. The molecule has 2 aromatic carbocycles. The van der Waals surface area contributed by atoms with Gasteiger partial charge in [0.2, 0.25) is 0 Å². The number of rotatable bonds is 10. The van der Waals surface area contributed by atoms with E-state index >= 15 is 0 Å². The minimum absolute atomic E-state index is 0.0967. The van der Waals surface area contributed by atoms with Crippen LogP contribution in [0.5, 0.6) is 5.75 Å². The fourth-order valence-electron chi connectivity index (χ4n) is 2.24. The summed E-state index contributed by atoms with van der Waals surface area (Å²) in [5.74, 6) is 0.246. The summed E-state index contributed by atoms with van der Waals surface area (Å²) in [6.45, 7) is 2.64. The van der Waals surface area contributed by atoms with Crippen LogP contribution in [0.4, 0.5) is 5.69 Å². The van der Waals surface area contributed by atoms with Gasteiger partial charge in [0.1, 0.15) is 5.75 Å². The van der Waals surface area contributed by atoms with Gasteiger partial charge in [-0.3, -0.25) is 9.52 Å². The number of carbonyl (C=O) groups excluding carboxylic acids is 1. The third-order valence-corrected chi connectivity index (χ3v) is 5.03. The number of anilines is 1. The topological polar surface area (TPSA) is 84.5 Å². The maximum absolute atomic E-state index is 12.3. The van der Waals surface area contributed by atoms with Crippen molar-refractivity contribution in [3.05, 3.63) is 54.6 Å². The molecule has 0 bridgehead atoms. The van der Waals surface area contributed by atoms with Gasteiger partial charge < -0.3 is 10.1 Å². The summed E-state index contributed by atoms with van der Waals surface area (Å²) < 4.78 is 32.6. The number of carbonyl (C=O) groups is 1. The molecule has 2 rings (SSSR count). The molecule has 2 aromatic rings. The molecule has 0 atom stereocenters. The highest BCUT2D eigenvalue weighted by Gasteiger charge is 2.14. The average Bonchev–Trinajstić information content (AvgIpc) is 2.64. The van der Waals surface area contributed by atoms with Crippen molar-refractivity contribution >= 4 is 21.6 Å². The fourth-order valence-corrected chi connectivity index (χ4v) is 3.30. The summed E-state index contributed by atoms with van der Waals surface area (Å²) in [4.78, 5) is 11.8. The summed E-state index contributed by atoms with van der Waals surface area (Å²) in [6, 6.07) is 14.6. The number of nitrogens with one attached hydrogen (secondary N) is 2. The molecular weight excluding hydrogens is 352 g/mol. The predicted molar refractivity (Wildman–Crippen MR) is 102 cm³/mol. The molecule has 0 unspecified atom stereocenters. The van der Waals surface area contributed by atoms with Crippen molar-refractivity contribution in [3.8, 4) is 5.75 Å². The van der Waals surface area contributed by atoms with Crippen LogP contribution in [0.25, 0.3) is 0 Å². The zero-order chi connectivity index (χ0) is 18.8. The Bertz CT molecular complexity index is 790. The Hall–Kier alpha value is -2.54. The highest BCUT2D eigenvalue weighted by atomic mass is 32.2. The highest BCUT2D eigenvalue weighted by molar-refractivity contribution is 7.92. The standard InChI is InChI=1S/C19H24N2O4S/c1-2-3-7-14-20-19(22)15-25-17-10-12-18(13-11-17)26(23,24)21-16-8-5-4-6-9-16/h4-6,8-13,21H,2-3,7,14-15H2,1H3,(H,20,22). The van der Waals surface area contributed by atoms with Crippen molar-refractivity contribution in [2.45, 2.75) is 31.1 Å². The summed E-state index contributed by atoms with van der Waals surface area (Å²) in [7, 11) is -3.66. The number of unbranched alkanes of at least 4 members (excludes halogenated alkanes) is 2. The molecule has 0 saturated heterocycles. The van der Waals surface area contributed by atoms with Crippen LogP contribution in [0.2, 0.25) is 0 Å². The van der Waals surface area contributed by atoms with Gasteiger partial charge in [-0.05, 0) is 42.8 Å². The number of sulfonamides is 1. The third-order valence-electron chi connectivity index (χ3n) is 3.63. The number of para-hydroxylation sites is 1. The first-order chi connectivity index (χ1) is 12.5. The van der Waals surface area contributed by atoms with E-state index in [9.17, 15) is 13.2 Å². The van der Waals surface area contributed by atoms with E-state index in [1.165, 1.54) is 24.3 Å². The monoisotopic (exact) mass is 376 g/mol. The minimum Gasteiger partial charge on any atom is -0.484 e. The average molecular weight is 376 g/mol. The molecule has 7 heteroatoms. The Balaban J connectivity index is 1.86. The summed E-state index contributed by atoms with van der Waals surface area (Å²) in [6.07, 6.45) is 3.12. The molecule has 0 fully saturated rings. The van der Waals surface area contributed by atoms with Gasteiger partial charge in [-0.2, -0.15) is 0 Å². The normalized spacial score (nSPS) is 11.0. The number of hydrogen-bond acceptors (Lipinski definition) is 4. The van der Waals surface area contributed by atoms with Crippen molar-refractivity contribution in [2.75, 3.05) is 17.9 Å². The molecule has 6 nitrogen and oxygen atoms in total. The fraction of sp³-hybridized carbons (Fsp3) is 0.316. The SMILES string of the molecule is CCCCCNC(=O)COc1ccc(S(=O)(=O)Nc2ccccc2)cc1. The van der Waals surface area contributed by atoms with Crippen LogP contribution in [0.15, 0.2) is 59.5 Å². The van der Waals surface area contributed by atoms with E-state index in [0.29, 0.717) is 18.0 Å². The first-order valence-corrected chi connectivity index (χ1v) is 10.1. The zero-order valence-corrected chi connectivity index (χ0v) is 15.6. The Morgan fingerprint density at radius 3 is 2.35 bits per heavy atom. The molecule has 1 amide bonds. The summed E-state index contributed by atoms with van der Waals surface area (Å²) in [5.41, 5.74) is 0.493. The van der Waals surface area contributed by atoms with Crippen LogP contribution >= 0.6 is 0 Å². The first-order valence-electron chi connectivity index (χ1n) is 8.58. The second-order valence-electron chi connectivity index (χ2n) is 5.79. The van der Waals surface area contributed by atoms with Gasteiger partial charge in [0, 0.05) is 12.2 Å². The van der Waals surface area contributed by atoms with Crippen molar-refractivity contribution < 1.29 is 17.9 Å². The largest absolute Gasteiger partial charge is 0.484 e. The van der Waals surface area contributed by atoms with Gasteiger partial charge in [-0.25, -0.2) is 8.42 Å². The number of ether oxygens (including phenoxy) is 1. The van der Waals surface area contributed by atoms with Crippen molar-refractivity contribution in [1.82, 2.24) is 5.32 Å². The number of benzene rings is 2. The van der Waals surface area contributed by atoms with E-state index < -0.39 is 10.0 Å². The van der Waals surface area contributed by atoms with E-state index in [1.807, 2.05) is 6.07 Å². The molecule has 0 aliphatic heterocycles. The Morgan fingerprint density at radius 2 is 1.69 bits per heavy atom. The molecule has 26 heavy (non-hydrogen) atoms. The Morgan fingerprint density at radius 1 is 1.00 bits per heavy atom. The quantitative estimate of drug-likeness (QED) is 0.624. The van der Waals surface area contributed by atoms with Crippen LogP contribution in [-0.2, 0) is 14.8 Å². The molecule has 0 aliphatic rings. The van der Waals surface area contributed by atoms with Crippen LogP contribution in [0.3, 0.4) is 0 Å². The lowest BCUT2D eigenvalue weighted by atomic mass is 10.2. The second-order valence-corrected chi connectivity index (χ2v) is 7.47. The van der Waals surface area contributed by atoms with E-state index in [-0.39, 0.29) is 17.4 Å². The van der Waals surface area contributed by atoms with E-state index in [1.54, 1.807) is 24.3 Å². The van der Waals surface area contributed by atoms with Crippen molar-refractivity contribution in [1.29, 1.82) is 0 Å². The molecular formula is C19H24N2O4S. The lowest BCUT2D eigenvalue weighted by Gasteiger charge is -2.10. The molecule has 0 aliphatic carbocycles. The Kier molecular flexibility index (Phi) is 7.47. The maximum Gasteiger partial charge on any atom is 0.261 e. The zero-order valence-electron chi connectivity index (χ0n) is 14.8. The lowest BCUT2D eigenvalue weighted by Crippen LogP contribution is -2.29. The van der Waals surface area contributed by atoms with Crippen LogP contribution in [0, 0.1) is 0 Å². The van der Waals surface area contributed by atoms with Gasteiger partial charge in [0.15, 0.2) is 6.61 Å². The summed E-state index contributed by atoms with van der Waals surface area (Å²) >= 11 is 0. The van der Waals surface area contributed by atoms with Gasteiger partial charge in [-0.15, -0.1) is 0 Å². The predicted octanol–water partition coefficient (Wildman–Crippen LogP) is 3.17. The van der Waals surface area contributed by atoms with Gasteiger partial charge in [0.25, 0.3) is 15.9 Å². The van der Waals surface area contributed by atoms with Crippen molar-refractivity contribution in [3.63, 3.8) is 0 Å². The number of amides is 1. The van der Waals surface area contributed by atoms with Crippen LogP contribution < -0.4 is 14.8 Å². The van der Waals surface area contributed by atoms with Crippen LogP contribution in [-0.4, -0.2) is 27.5 Å². The smallest absolute Gasteiger partial charge is 0.261 e. The molecule has 0 saturated carbocycles. The third kappa shape index (κ3) is 6.40. The summed E-state index contributed by atoms with van der Waals surface area (Å²) in [5, 5.41) is 2.78.